The van der Waals surface area contributed by atoms with Gasteiger partial charge in [-0.3, -0.25) is 28.8 Å². The Hall–Kier alpha value is -3.69. The van der Waals surface area contributed by atoms with Gasteiger partial charge in [-0.2, -0.15) is 0 Å². The number of carbonyl (C=O) groups is 2. The Balaban J connectivity index is 2.34. The number of nitrogens with two attached hydrogens (primary N) is 1. The average Bonchev–Trinajstić information content (AvgIpc) is 3.61. The molecule has 1 heterocycles. The van der Waals surface area contributed by atoms with Crippen LogP contribution < -0.4 is 21.5 Å². The zero-order valence-corrected chi connectivity index (χ0v) is 18.8. The van der Waals surface area contributed by atoms with Crippen LogP contribution in [0.2, 0.25) is 0 Å². The Labute approximate surface area is 185 Å². The number of carbonyl (C=O) groups excluding carboxylic acids is 2. The maximum absolute atomic E-state index is 14.6. The predicted molar refractivity (Wildman–Crippen MR) is 122 cm³/mol. The van der Waals surface area contributed by atoms with Gasteiger partial charge in [-0.15, -0.1) is 0 Å². The van der Waals surface area contributed by atoms with Crippen LogP contribution in [0.15, 0.2) is 28.0 Å². The number of guanidine groups is 1. The van der Waals surface area contributed by atoms with Crippen LogP contribution in [0.25, 0.3) is 0 Å². The molecular formula is C22H27FN6O3. The summed E-state index contributed by atoms with van der Waals surface area (Å²) in [6, 6.07) is 4.62. The Morgan fingerprint density at radius 1 is 1.34 bits per heavy atom. The summed E-state index contributed by atoms with van der Waals surface area (Å²) >= 11 is 0. The van der Waals surface area contributed by atoms with E-state index in [2.05, 4.69) is 10.3 Å². The number of nitrogens with zero attached hydrogens (tertiary/aromatic N) is 4. The first kappa shape index (κ1) is 23.0. The molecule has 2 aromatic rings. The zero-order chi connectivity index (χ0) is 23.7. The van der Waals surface area contributed by atoms with Crippen molar-refractivity contribution in [3.05, 3.63) is 51.1 Å². The predicted octanol–water partition coefficient (Wildman–Crippen LogP) is 2.03. The quantitative estimate of drug-likeness (QED) is 0.404. The van der Waals surface area contributed by atoms with Gasteiger partial charge in [-0.1, -0.05) is 6.07 Å². The zero-order valence-electron chi connectivity index (χ0n) is 18.8. The molecule has 0 aliphatic heterocycles. The molecule has 9 nitrogen and oxygen atoms in total. The van der Waals surface area contributed by atoms with Crippen LogP contribution >= 0.6 is 0 Å². The summed E-state index contributed by atoms with van der Waals surface area (Å²) < 4.78 is 15.9. The lowest BCUT2D eigenvalue weighted by Crippen LogP contribution is -2.41. The van der Waals surface area contributed by atoms with Crippen LogP contribution in [-0.4, -0.2) is 47.9 Å². The molecule has 1 aliphatic carbocycles. The van der Waals surface area contributed by atoms with E-state index in [0.717, 1.165) is 23.3 Å². The summed E-state index contributed by atoms with van der Waals surface area (Å²) in [4.78, 5) is 44.9. The van der Waals surface area contributed by atoms with Crippen LogP contribution in [0.5, 0.6) is 0 Å². The van der Waals surface area contributed by atoms with E-state index in [4.69, 9.17) is 5.73 Å². The Kier molecular flexibility index (Phi) is 6.33. The molecule has 0 radical (unpaired) electrons. The highest BCUT2D eigenvalue weighted by Gasteiger charge is 2.36. The van der Waals surface area contributed by atoms with Crippen LogP contribution in [0.1, 0.15) is 34.3 Å². The lowest BCUT2D eigenvalue weighted by Gasteiger charge is -2.28. The number of hydrogen-bond acceptors (Lipinski definition) is 5. The third-order valence-electron chi connectivity index (χ3n) is 5.62. The number of nitrogens with one attached hydrogen (secondary N) is 1. The average molecular weight is 442 g/mol. The molecule has 0 unspecified atom stereocenters. The third kappa shape index (κ3) is 4.08. The van der Waals surface area contributed by atoms with Crippen LogP contribution in [0.3, 0.4) is 0 Å². The van der Waals surface area contributed by atoms with Crippen LogP contribution in [0.4, 0.5) is 21.6 Å². The van der Waals surface area contributed by atoms with Crippen molar-refractivity contribution < 1.29 is 14.0 Å². The Morgan fingerprint density at radius 3 is 2.53 bits per heavy atom. The molecular weight excluding hydrogens is 415 g/mol. The highest BCUT2D eigenvalue weighted by atomic mass is 19.1. The molecule has 170 valence electrons. The van der Waals surface area contributed by atoms with Crippen molar-refractivity contribution in [2.24, 2.45) is 17.8 Å². The normalized spacial score (nSPS) is 13.6. The first-order valence-corrected chi connectivity index (χ1v) is 10.1. The number of amides is 2. The van der Waals surface area contributed by atoms with Gasteiger partial charge in [0, 0.05) is 32.7 Å². The van der Waals surface area contributed by atoms with E-state index in [9.17, 15) is 18.8 Å². The van der Waals surface area contributed by atoms with Crippen LogP contribution in [-0.2, 0) is 11.8 Å². The highest BCUT2D eigenvalue weighted by molar-refractivity contribution is 6.15. The van der Waals surface area contributed by atoms with E-state index < -0.39 is 17.3 Å². The Bertz CT molecular complexity index is 1170. The standard InChI is InChI=1S/C22H27FN6O3/c1-12-6-9-16(15(23)10-12)26-19-17(21(32)27(4)14-7-8-14)18(13(2)20(31)28(19)5)29(11-30)22(24)25-3/h6,9-11,14,26H,7-8H2,1-5H3,(H2,24,25). The number of aliphatic imine (C=N–C) groups is 1. The van der Waals surface area contributed by atoms with Gasteiger partial charge in [-0.25, -0.2) is 4.39 Å². The minimum atomic E-state index is -0.546. The van der Waals surface area contributed by atoms with E-state index >= 15 is 0 Å². The highest BCUT2D eigenvalue weighted by Crippen LogP contribution is 2.35. The maximum Gasteiger partial charge on any atom is 0.259 e. The molecule has 0 saturated heterocycles. The molecule has 0 atom stereocenters. The number of pyridine rings is 1. The monoisotopic (exact) mass is 442 g/mol. The van der Waals surface area contributed by atoms with Crippen molar-refractivity contribution in [2.45, 2.75) is 32.7 Å². The molecule has 1 aromatic carbocycles. The molecule has 3 N–H and O–H groups in total. The van der Waals surface area contributed by atoms with E-state index in [-0.39, 0.29) is 40.3 Å². The minimum Gasteiger partial charge on any atom is -0.369 e. The van der Waals surface area contributed by atoms with Crippen molar-refractivity contribution in [1.29, 1.82) is 0 Å². The summed E-state index contributed by atoms with van der Waals surface area (Å²) in [6.45, 7) is 3.25. The number of hydrogen-bond donors (Lipinski definition) is 2. The summed E-state index contributed by atoms with van der Waals surface area (Å²) in [5.41, 5.74) is 6.40. The smallest absolute Gasteiger partial charge is 0.259 e. The largest absolute Gasteiger partial charge is 0.369 e. The van der Waals surface area contributed by atoms with Gasteiger partial charge < -0.3 is 16.0 Å². The summed E-state index contributed by atoms with van der Waals surface area (Å²) in [5.74, 6) is -1.11. The number of halogens is 1. The summed E-state index contributed by atoms with van der Waals surface area (Å²) in [5, 5.41) is 2.89. The lowest BCUT2D eigenvalue weighted by atomic mass is 10.1. The van der Waals surface area contributed by atoms with Crippen molar-refractivity contribution in [3.63, 3.8) is 0 Å². The molecule has 1 aromatic heterocycles. The molecule has 1 aliphatic rings. The molecule has 1 fully saturated rings. The van der Waals surface area contributed by atoms with Gasteiger partial charge in [0.2, 0.25) is 12.4 Å². The van der Waals surface area contributed by atoms with Crippen molar-refractivity contribution >= 4 is 35.5 Å². The number of rotatable bonds is 6. The van der Waals surface area contributed by atoms with E-state index in [1.165, 1.54) is 37.7 Å². The van der Waals surface area contributed by atoms with E-state index in [1.54, 1.807) is 24.9 Å². The third-order valence-corrected chi connectivity index (χ3v) is 5.62. The van der Waals surface area contributed by atoms with E-state index in [0.29, 0.717) is 6.41 Å². The topological polar surface area (TPSA) is 113 Å². The number of anilines is 3. The second-order valence-electron chi connectivity index (χ2n) is 7.87. The second kappa shape index (κ2) is 8.81. The maximum atomic E-state index is 14.6. The molecule has 1 saturated carbocycles. The SMILES string of the molecule is CN=C(N)N(C=O)c1c(C(=O)N(C)C2CC2)c(Nc2ccc(C)cc2F)n(C)c(=O)c1C. The molecule has 2 amide bonds. The van der Waals surface area contributed by atoms with Gasteiger partial charge in [0.1, 0.15) is 17.2 Å². The van der Waals surface area contributed by atoms with Crippen molar-refractivity contribution in [3.8, 4) is 0 Å². The van der Waals surface area contributed by atoms with Crippen molar-refractivity contribution in [1.82, 2.24) is 9.47 Å². The van der Waals surface area contributed by atoms with Gasteiger partial charge in [-0.05, 0) is 44.4 Å². The molecule has 0 spiro atoms. The fraction of sp³-hybridized carbons (Fsp3) is 0.364. The van der Waals surface area contributed by atoms with E-state index in [1.807, 2.05) is 0 Å². The number of aromatic nitrogens is 1. The Morgan fingerprint density at radius 2 is 2.00 bits per heavy atom. The fourth-order valence-corrected chi connectivity index (χ4v) is 3.55. The minimum absolute atomic E-state index is 0.0127. The fourth-order valence-electron chi connectivity index (χ4n) is 3.55. The van der Waals surface area contributed by atoms with Crippen molar-refractivity contribution in [2.75, 3.05) is 24.3 Å². The molecule has 3 rings (SSSR count). The number of aryl methyl sites for hydroxylation is 1. The molecule has 0 bridgehead atoms. The molecule has 10 heteroatoms. The van der Waals surface area contributed by atoms with Gasteiger partial charge in [0.15, 0.2) is 0 Å². The second-order valence-corrected chi connectivity index (χ2v) is 7.87. The summed E-state index contributed by atoms with van der Waals surface area (Å²) in [7, 11) is 4.52. The first-order valence-electron chi connectivity index (χ1n) is 10.1. The van der Waals surface area contributed by atoms with Gasteiger partial charge >= 0.3 is 0 Å². The van der Waals surface area contributed by atoms with Gasteiger partial charge in [0.05, 0.1) is 11.4 Å². The summed E-state index contributed by atoms with van der Waals surface area (Å²) in [6.07, 6.45) is 2.11. The molecule has 32 heavy (non-hydrogen) atoms. The van der Waals surface area contributed by atoms with Gasteiger partial charge in [0.25, 0.3) is 11.5 Å². The lowest BCUT2D eigenvalue weighted by molar-refractivity contribution is -0.106. The van der Waals surface area contributed by atoms with Crippen LogP contribution in [0, 0.1) is 19.7 Å². The number of benzene rings is 1. The first-order chi connectivity index (χ1) is 15.1.